The van der Waals surface area contributed by atoms with E-state index in [1.807, 2.05) is 25.1 Å². The molecule has 1 aromatic carbocycles. The Bertz CT molecular complexity index is 452. The van der Waals surface area contributed by atoms with Crippen LogP contribution in [0.25, 0.3) is 0 Å². The molecule has 0 amide bonds. The molecule has 1 heterocycles. The van der Waals surface area contributed by atoms with Gasteiger partial charge in [0, 0.05) is 11.8 Å². The summed E-state index contributed by atoms with van der Waals surface area (Å²) in [5.41, 5.74) is 7.38. The molecule has 1 atom stereocenters. The van der Waals surface area contributed by atoms with Gasteiger partial charge >= 0.3 is 0 Å². The molecule has 3 rings (SSSR count). The van der Waals surface area contributed by atoms with Crippen LogP contribution in [0.2, 0.25) is 0 Å². The summed E-state index contributed by atoms with van der Waals surface area (Å²) in [6.45, 7) is 2.00. The fourth-order valence-corrected chi connectivity index (χ4v) is 1.76. The smallest absolute Gasteiger partial charge is 0.153 e. The minimum Gasteiger partial charge on any atom is -0.481 e. The van der Waals surface area contributed by atoms with Gasteiger partial charge in [0.1, 0.15) is 11.6 Å². The molecule has 0 radical (unpaired) electrons. The van der Waals surface area contributed by atoms with Gasteiger partial charge < -0.3 is 15.8 Å². The van der Waals surface area contributed by atoms with Crippen molar-refractivity contribution in [3.63, 3.8) is 0 Å². The second kappa shape index (κ2) is 3.40. The van der Waals surface area contributed by atoms with E-state index in [1.165, 1.54) is 12.8 Å². The number of amidine groups is 1. The molecule has 1 saturated carbocycles. The molecule has 16 heavy (non-hydrogen) atoms. The summed E-state index contributed by atoms with van der Waals surface area (Å²) in [7, 11) is 0. The number of rotatable bonds is 1. The number of fused-ring (bicyclic) bond motifs is 1. The van der Waals surface area contributed by atoms with Crippen LogP contribution in [0.1, 0.15) is 19.8 Å². The summed E-state index contributed by atoms with van der Waals surface area (Å²) in [4.78, 5) is 4.60. The highest BCUT2D eigenvalue weighted by Crippen LogP contribution is 2.33. The van der Waals surface area contributed by atoms with E-state index in [4.69, 9.17) is 10.5 Å². The Hall–Kier alpha value is -1.71. The molecule has 4 heteroatoms. The number of ether oxygens (including phenoxy) is 1. The highest BCUT2D eigenvalue weighted by Gasteiger charge is 2.26. The van der Waals surface area contributed by atoms with Gasteiger partial charge in [-0.25, -0.2) is 0 Å². The topological polar surface area (TPSA) is 59.6 Å². The van der Waals surface area contributed by atoms with Crippen LogP contribution in [0.5, 0.6) is 5.75 Å². The molecule has 1 unspecified atom stereocenters. The number of benzene rings is 1. The van der Waals surface area contributed by atoms with Crippen LogP contribution >= 0.6 is 0 Å². The Labute approximate surface area is 94.5 Å². The highest BCUT2D eigenvalue weighted by atomic mass is 16.5. The van der Waals surface area contributed by atoms with Crippen LogP contribution in [-0.4, -0.2) is 18.0 Å². The van der Waals surface area contributed by atoms with Crippen LogP contribution in [0.3, 0.4) is 0 Å². The maximum atomic E-state index is 5.78. The van der Waals surface area contributed by atoms with Gasteiger partial charge in [0.25, 0.3) is 0 Å². The average Bonchev–Trinajstić information content (AvgIpc) is 3.03. The summed E-state index contributed by atoms with van der Waals surface area (Å²) in [5, 5.41) is 3.31. The quantitative estimate of drug-likeness (QED) is 0.707. The number of hydrogen-bond donors (Lipinski definition) is 2. The molecule has 3 N–H and O–H groups in total. The van der Waals surface area contributed by atoms with Crippen molar-refractivity contribution < 1.29 is 4.74 Å². The molecular formula is C12H15N3O. The first kappa shape index (κ1) is 9.51. The molecule has 0 spiro atoms. The van der Waals surface area contributed by atoms with Gasteiger partial charge in [-0.15, -0.1) is 0 Å². The standard InChI is InChI=1S/C12H15N3O/c1-7-12(14-9-3-4-9)15-10-5-2-8(13)6-11(10)16-7/h2,5-7,9H,3-4,13H2,1H3,(H,14,15). The highest BCUT2D eigenvalue weighted by molar-refractivity contribution is 6.02. The first-order valence-corrected chi connectivity index (χ1v) is 5.63. The third kappa shape index (κ3) is 1.71. The number of anilines is 2. The Balaban J connectivity index is 1.91. The third-order valence-electron chi connectivity index (χ3n) is 2.83. The maximum Gasteiger partial charge on any atom is 0.153 e. The van der Waals surface area contributed by atoms with Gasteiger partial charge in [0.2, 0.25) is 0 Å². The lowest BCUT2D eigenvalue weighted by Crippen LogP contribution is -2.35. The third-order valence-corrected chi connectivity index (χ3v) is 2.83. The molecule has 1 fully saturated rings. The monoisotopic (exact) mass is 217 g/mol. The van der Waals surface area contributed by atoms with Crippen LogP contribution in [0.4, 0.5) is 11.4 Å². The Kier molecular flexibility index (Phi) is 2.02. The normalized spacial score (nSPS) is 25.8. The molecule has 1 aliphatic carbocycles. The van der Waals surface area contributed by atoms with Gasteiger partial charge in [-0.05, 0) is 31.9 Å². The van der Waals surface area contributed by atoms with Crippen LogP contribution in [0, 0.1) is 0 Å². The molecule has 2 aliphatic rings. The number of nitrogens with one attached hydrogen (secondary N) is 1. The van der Waals surface area contributed by atoms with Crippen molar-refractivity contribution >= 4 is 17.2 Å². The van der Waals surface area contributed by atoms with Gasteiger partial charge in [0.15, 0.2) is 6.10 Å². The zero-order valence-electron chi connectivity index (χ0n) is 9.23. The van der Waals surface area contributed by atoms with E-state index in [1.54, 1.807) is 0 Å². The minimum absolute atomic E-state index is 0.0186. The first-order valence-electron chi connectivity index (χ1n) is 5.63. The molecule has 0 bridgehead atoms. The molecule has 4 nitrogen and oxygen atoms in total. The average molecular weight is 217 g/mol. The van der Waals surface area contributed by atoms with Gasteiger partial charge in [-0.2, -0.15) is 0 Å². The second-order valence-electron chi connectivity index (χ2n) is 4.39. The van der Waals surface area contributed by atoms with Gasteiger partial charge in [-0.1, -0.05) is 0 Å². The van der Waals surface area contributed by atoms with Gasteiger partial charge in [-0.3, -0.25) is 4.99 Å². The van der Waals surface area contributed by atoms with E-state index in [2.05, 4.69) is 10.3 Å². The van der Waals surface area contributed by atoms with Crippen molar-refractivity contribution in [2.45, 2.75) is 31.9 Å². The van der Waals surface area contributed by atoms with Gasteiger partial charge in [0.05, 0.1) is 11.7 Å². The molecule has 0 aromatic heterocycles. The summed E-state index contributed by atoms with van der Waals surface area (Å²) < 4.78 is 5.78. The zero-order chi connectivity index (χ0) is 11.1. The second-order valence-corrected chi connectivity index (χ2v) is 4.39. The van der Waals surface area contributed by atoms with Crippen molar-refractivity contribution in [1.29, 1.82) is 0 Å². The van der Waals surface area contributed by atoms with E-state index in [9.17, 15) is 0 Å². The molecule has 1 aliphatic heterocycles. The predicted molar refractivity (Wildman–Crippen MR) is 65.0 cm³/mol. The predicted octanol–water partition coefficient (Wildman–Crippen LogP) is 2.02. The van der Waals surface area contributed by atoms with Crippen molar-refractivity contribution in [1.82, 2.24) is 0 Å². The summed E-state index contributed by atoms with van der Waals surface area (Å²) in [6, 6.07) is 6.13. The number of nitrogens with zero attached hydrogens (tertiary/aromatic N) is 1. The summed E-state index contributed by atoms with van der Waals surface area (Å²) in [6.07, 6.45) is 2.38. The molecule has 1 aromatic rings. The Morgan fingerprint density at radius 2 is 2.25 bits per heavy atom. The SMILES string of the molecule is CC1Oc2cc(N)ccc2NC1=NC1CC1. The largest absolute Gasteiger partial charge is 0.481 e. The lowest BCUT2D eigenvalue weighted by Gasteiger charge is -2.26. The summed E-state index contributed by atoms with van der Waals surface area (Å²) >= 11 is 0. The Morgan fingerprint density at radius 3 is 3.00 bits per heavy atom. The molecule has 84 valence electrons. The minimum atomic E-state index is -0.0186. The number of hydrogen-bond acceptors (Lipinski definition) is 3. The van der Waals surface area contributed by atoms with E-state index < -0.39 is 0 Å². The van der Waals surface area contributed by atoms with Crippen LogP contribution in [0.15, 0.2) is 23.2 Å². The molecular weight excluding hydrogens is 202 g/mol. The zero-order valence-corrected chi connectivity index (χ0v) is 9.23. The van der Waals surface area contributed by atoms with E-state index in [0.29, 0.717) is 6.04 Å². The van der Waals surface area contributed by atoms with E-state index in [-0.39, 0.29) is 6.10 Å². The van der Waals surface area contributed by atoms with Crippen molar-refractivity contribution in [3.8, 4) is 5.75 Å². The number of nitrogen functional groups attached to an aromatic ring is 1. The van der Waals surface area contributed by atoms with E-state index >= 15 is 0 Å². The lowest BCUT2D eigenvalue weighted by atomic mass is 10.2. The van der Waals surface area contributed by atoms with Crippen LogP contribution < -0.4 is 15.8 Å². The van der Waals surface area contributed by atoms with Crippen molar-refractivity contribution in [2.24, 2.45) is 4.99 Å². The fourth-order valence-electron chi connectivity index (χ4n) is 1.76. The maximum absolute atomic E-state index is 5.78. The van der Waals surface area contributed by atoms with Crippen LogP contribution in [-0.2, 0) is 0 Å². The van der Waals surface area contributed by atoms with Crippen molar-refractivity contribution in [2.75, 3.05) is 11.1 Å². The van der Waals surface area contributed by atoms with Crippen molar-refractivity contribution in [3.05, 3.63) is 18.2 Å². The Morgan fingerprint density at radius 1 is 1.44 bits per heavy atom. The fraction of sp³-hybridized carbons (Fsp3) is 0.417. The first-order chi connectivity index (χ1) is 7.72. The summed E-state index contributed by atoms with van der Waals surface area (Å²) in [5.74, 6) is 1.74. The lowest BCUT2D eigenvalue weighted by molar-refractivity contribution is 0.282. The number of nitrogens with two attached hydrogens (primary N) is 1. The molecule has 0 saturated heterocycles. The number of aliphatic imine (C=N–C) groups is 1. The van der Waals surface area contributed by atoms with E-state index in [0.717, 1.165) is 23.0 Å².